The van der Waals surface area contributed by atoms with Crippen LogP contribution in [-0.2, 0) is 0 Å². The minimum absolute atomic E-state index is 0.268. The van der Waals surface area contributed by atoms with Gasteiger partial charge in [0.1, 0.15) is 0 Å². The highest BCUT2D eigenvalue weighted by Crippen LogP contribution is 2.17. The summed E-state index contributed by atoms with van der Waals surface area (Å²) in [4.78, 5) is 25.8. The quantitative estimate of drug-likeness (QED) is 0.530. The topological polar surface area (TPSA) is 70.6 Å². The fraction of sp³-hybridized carbons (Fsp3) is 0.0500. The molecule has 0 unspecified atom stereocenters. The monoisotopic (exact) mass is 363 g/mol. The first-order valence-corrected chi connectivity index (χ1v) is 8.85. The molecule has 1 heterocycles. The van der Waals surface area contributed by atoms with Crippen LogP contribution in [0.5, 0.6) is 0 Å². The highest BCUT2D eigenvalue weighted by Gasteiger charge is 2.13. The molecule has 0 fully saturated rings. The van der Waals surface area contributed by atoms with E-state index in [0.717, 1.165) is 10.4 Å². The summed E-state index contributed by atoms with van der Waals surface area (Å²) in [6.07, 6.45) is 1.58. The first-order valence-electron chi connectivity index (χ1n) is 7.97. The predicted molar refractivity (Wildman–Crippen MR) is 105 cm³/mol. The number of benzene rings is 2. The fourth-order valence-electron chi connectivity index (χ4n) is 2.35. The molecule has 1 aromatic heterocycles. The molecule has 0 saturated heterocycles. The number of hydrazone groups is 1. The van der Waals surface area contributed by atoms with Gasteiger partial charge in [-0.05, 0) is 42.6 Å². The van der Waals surface area contributed by atoms with Gasteiger partial charge in [0.05, 0.1) is 17.5 Å². The molecule has 2 N–H and O–H groups in total. The zero-order valence-corrected chi connectivity index (χ0v) is 14.9. The lowest BCUT2D eigenvalue weighted by atomic mass is 10.1. The molecule has 0 spiro atoms. The van der Waals surface area contributed by atoms with Gasteiger partial charge in [-0.25, -0.2) is 5.43 Å². The van der Waals surface area contributed by atoms with Crippen LogP contribution < -0.4 is 10.7 Å². The summed E-state index contributed by atoms with van der Waals surface area (Å²) in [5.41, 5.74) is 4.79. The van der Waals surface area contributed by atoms with E-state index in [0.29, 0.717) is 16.8 Å². The number of rotatable bonds is 5. The highest BCUT2D eigenvalue weighted by molar-refractivity contribution is 7.11. The Morgan fingerprint density at radius 2 is 1.85 bits per heavy atom. The number of hydrogen-bond acceptors (Lipinski definition) is 4. The number of carbonyl (C=O) groups is 2. The zero-order chi connectivity index (χ0) is 18.4. The third kappa shape index (κ3) is 4.43. The maximum absolute atomic E-state index is 12.4. The molecule has 26 heavy (non-hydrogen) atoms. The second-order valence-electron chi connectivity index (χ2n) is 5.58. The van der Waals surface area contributed by atoms with Crippen molar-refractivity contribution in [3.63, 3.8) is 0 Å². The summed E-state index contributed by atoms with van der Waals surface area (Å²) in [6.45, 7) is 1.92. The summed E-state index contributed by atoms with van der Waals surface area (Å²) >= 11 is 1.52. The Morgan fingerprint density at radius 3 is 2.62 bits per heavy atom. The van der Waals surface area contributed by atoms with Gasteiger partial charge in [-0.2, -0.15) is 5.10 Å². The molecule has 0 radical (unpaired) electrons. The smallest absolute Gasteiger partial charge is 0.273 e. The van der Waals surface area contributed by atoms with E-state index in [2.05, 4.69) is 15.8 Å². The first kappa shape index (κ1) is 17.6. The van der Waals surface area contributed by atoms with Gasteiger partial charge in [0.15, 0.2) is 0 Å². The molecule has 0 aliphatic carbocycles. The Labute approximate surface area is 155 Å². The molecule has 0 aliphatic rings. The van der Waals surface area contributed by atoms with Crippen molar-refractivity contribution in [2.45, 2.75) is 6.92 Å². The van der Waals surface area contributed by atoms with Crippen molar-refractivity contribution >= 4 is 35.1 Å². The number of aryl methyl sites for hydroxylation is 1. The SMILES string of the molecule is Cc1cccc(C(=O)Nc2ccccc2C(=O)N/N=C\c2cccs2)c1. The molecular weight excluding hydrogens is 346 g/mol. The second kappa shape index (κ2) is 8.22. The van der Waals surface area contributed by atoms with Crippen LogP contribution in [0.2, 0.25) is 0 Å². The molecule has 3 aromatic rings. The molecule has 0 aliphatic heterocycles. The second-order valence-corrected chi connectivity index (χ2v) is 6.56. The maximum Gasteiger partial charge on any atom is 0.273 e. The van der Waals surface area contributed by atoms with Crippen LogP contribution in [0.15, 0.2) is 71.1 Å². The van der Waals surface area contributed by atoms with E-state index < -0.39 is 5.91 Å². The van der Waals surface area contributed by atoms with Gasteiger partial charge in [-0.1, -0.05) is 35.9 Å². The van der Waals surface area contributed by atoms with Crippen molar-refractivity contribution in [2.75, 3.05) is 5.32 Å². The van der Waals surface area contributed by atoms with E-state index >= 15 is 0 Å². The molecule has 2 aromatic carbocycles. The number of carbonyl (C=O) groups excluding carboxylic acids is 2. The number of nitrogens with zero attached hydrogens (tertiary/aromatic N) is 1. The van der Waals surface area contributed by atoms with Gasteiger partial charge in [-0.15, -0.1) is 11.3 Å². The summed E-state index contributed by atoms with van der Waals surface area (Å²) in [5, 5.41) is 8.67. The van der Waals surface area contributed by atoms with Crippen molar-refractivity contribution in [3.8, 4) is 0 Å². The lowest BCUT2D eigenvalue weighted by molar-refractivity contribution is 0.0956. The van der Waals surface area contributed by atoms with Gasteiger partial charge in [0.2, 0.25) is 0 Å². The Balaban J connectivity index is 1.73. The molecular formula is C20H17N3O2S. The molecule has 0 atom stereocenters. The maximum atomic E-state index is 12.4. The Kier molecular flexibility index (Phi) is 5.56. The van der Waals surface area contributed by atoms with Crippen molar-refractivity contribution < 1.29 is 9.59 Å². The molecule has 2 amide bonds. The Bertz CT molecular complexity index is 949. The van der Waals surface area contributed by atoms with Crippen molar-refractivity contribution in [1.29, 1.82) is 0 Å². The van der Waals surface area contributed by atoms with Crippen LogP contribution in [0.25, 0.3) is 0 Å². The van der Waals surface area contributed by atoms with Crippen LogP contribution in [0.3, 0.4) is 0 Å². The largest absolute Gasteiger partial charge is 0.321 e. The summed E-state index contributed by atoms with van der Waals surface area (Å²) in [7, 11) is 0. The number of thiophene rings is 1. The Morgan fingerprint density at radius 1 is 1.00 bits per heavy atom. The number of para-hydroxylation sites is 1. The molecule has 3 rings (SSSR count). The lowest BCUT2D eigenvalue weighted by Gasteiger charge is -2.10. The summed E-state index contributed by atoms with van der Waals surface area (Å²) in [6, 6.07) is 17.9. The van der Waals surface area contributed by atoms with Crippen LogP contribution in [0.4, 0.5) is 5.69 Å². The zero-order valence-electron chi connectivity index (χ0n) is 14.1. The third-order valence-corrected chi connectivity index (χ3v) is 4.41. The average molecular weight is 363 g/mol. The number of hydrogen-bond donors (Lipinski definition) is 2. The van der Waals surface area contributed by atoms with Crippen LogP contribution >= 0.6 is 11.3 Å². The normalized spacial score (nSPS) is 10.7. The lowest BCUT2D eigenvalue weighted by Crippen LogP contribution is -2.21. The minimum atomic E-state index is -0.391. The van der Waals surface area contributed by atoms with Crippen LogP contribution in [0, 0.1) is 6.92 Å². The van der Waals surface area contributed by atoms with E-state index in [-0.39, 0.29) is 5.91 Å². The molecule has 130 valence electrons. The fourth-order valence-corrected chi connectivity index (χ4v) is 2.94. The number of nitrogens with one attached hydrogen (secondary N) is 2. The van der Waals surface area contributed by atoms with Gasteiger partial charge in [-0.3, -0.25) is 9.59 Å². The highest BCUT2D eigenvalue weighted by atomic mass is 32.1. The minimum Gasteiger partial charge on any atom is -0.321 e. The van der Waals surface area contributed by atoms with Gasteiger partial charge in [0, 0.05) is 10.4 Å². The van der Waals surface area contributed by atoms with Crippen LogP contribution in [-0.4, -0.2) is 18.0 Å². The first-order chi connectivity index (χ1) is 12.6. The average Bonchev–Trinajstić information content (AvgIpc) is 3.15. The van der Waals surface area contributed by atoms with E-state index in [9.17, 15) is 9.59 Å². The molecule has 0 bridgehead atoms. The molecule has 0 saturated carbocycles. The van der Waals surface area contributed by atoms with Crippen molar-refractivity contribution in [2.24, 2.45) is 5.10 Å². The van der Waals surface area contributed by atoms with Gasteiger partial charge in [0.25, 0.3) is 11.8 Å². The van der Waals surface area contributed by atoms with Crippen molar-refractivity contribution in [3.05, 3.63) is 87.6 Å². The van der Waals surface area contributed by atoms with E-state index in [1.165, 1.54) is 11.3 Å². The Hall–Kier alpha value is -3.25. The number of amides is 2. The molecule has 5 nitrogen and oxygen atoms in total. The number of anilines is 1. The summed E-state index contributed by atoms with van der Waals surface area (Å²) < 4.78 is 0. The predicted octanol–water partition coefficient (Wildman–Crippen LogP) is 4.07. The van der Waals surface area contributed by atoms with E-state index in [1.807, 2.05) is 36.6 Å². The van der Waals surface area contributed by atoms with Crippen molar-refractivity contribution in [1.82, 2.24) is 5.43 Å². The van der Waals surface area contributed by atoms with Gasteiger partial charge >= 0.3 is 0 Å². The third-order valence-electron chi connectivity index (χ3n) is 3.60. The molecule has 6 heteroatoms. The van der Waals surface area contributed by atoms with E-state index in [4.69, 9.17) is 0 Å². The standard InChI is InChI=1S/C20H17N3O2S/c1-14-6-4-7-15(12-14)19(24)22-18-10-3-2-9-17(18)20(25)23-21-13-16-8-5-11-26-16/h2-13H,1H3,(H,22,24)(H,23,25)/b21-13-. The van der Waals surface area contributed by atoms with Gasteiger partial charge < -0.3 is 5.32 Å². The van der Waals surface area contributed by atoms with Crippen LogP contribution in [0.1, 0.15) is 31.2 Å². The summed E-state index contributed by atoms with van der Waals surface area (Å²) in [5.74, 6) is -0.658. The van der Waals surface area contributed by atoms with E-state index in [1.54, 1.807) is 42.6 Å².